The Morgan fingerprint density at radius 2 is 0.831 bits per heavy atom. The van der Waals surface area contributed by atoms with E-state index in [2.05, 4.69) is 56.4 Å². The predicted molar refractivity (Wildman–Crippen MR) is 242 cm³/mol. The number of carbonyl (C=O) groups is 2. The third kappa shape index (κ3) is 42.2. The van der Waals surface area contributed by atoms with Crippen molar-refractivity contribution in [2.24, 2.45) is 0 Å². The molecule has 0 aliphatic rings. The van der Waals surface area contributed by atoms with E-state index in [0.29, 0.717) is 12.8 Å². The second-order valence-corrected chi connectivity index (χ2v) is 16.8. The van der Waals surface area contributed by atoms with Gasteiger partial charge in [-0.2, -0.15) is 0 Å². The molecule has 0 radical (unpaired) electrons. The Morgan fingerprint density at radius 3 is 1.25 bits per heavy atom. The fraction of sp³-hybridized carbons (Fsp3) is 0.750. The van der Waals surface area contributed by atoms with Crippen LogP contribution in [0.25, 0.3) is 0 Å². The Labute approximate surface area is 359 Å². The van der Waals surface area contributed by atoms with E-state index in [9.17, 15) is 29.3 Å². The molecule has 0 aliphatic carbocycles. The van der Waals surface area contributed by atoms with Gasteiger partial charge in [0.05, 0.1) is 26.4 Å². The number of aliphatic hydroxyl groups is 2. The molecule has 0 amide bonds. The van der Waals surface area contributed by atoms with Gasteiger partial charge in [-0.1, -0.05) is 177 Å². The van der Waals surface area contributed by atoms with Crippen molar-refractivity contribution in [2.45, 2.75) is 206 Å². The average molecular weight is 853 g/mol. The summed E-state index contributed by atoms with van der Waals surface area (Å²) in [6.45, 7) is 2.01. The normalized spacial score (nSPS) is 14.3. The number of hydrogen-bond acceptors (Lipinski definition) is 9. The van der Waals surface area contributed by atoms with E-state index >= 15 is 0 Å². The molecule has 0 aromatic rings. The van der Waals surface area contributed by atoms with Gasteiger partial charge in [-0.05, 0) is 64.2 Å². The molecule has 3 atom stereocenters. The first-order valence-corrected chi connectivity index (χ1v) is 24.7. The SMILES string of the molecule is CC/C=C\C/C=C\C/C=C\C/C=C\CCC(=O)OC(CO)COP(=O)(O)OCC(CO)OC(=O)CCCCCCCCCCCCC/C=C\CCCCCCCCCC. The van der Waals surface area contributed by atoms with E-state index in [-0.39, 0.29) is 12.8 Å². The zero-order chi connectivity index (χ0) is 43.3. The summed E-state index contributed by atoms with van der Waals surface area (Å²) in [5.74, 6) is -1.10. The monoisotopic (exact) mass is 853 g/mol. The van der Waals surface area contributed by atoms with Gasteiger partial charge in [0.2, 0.25) is 0 Å². The van der Waals surface area contributed by atoms with Crippen LogP contribution < -0.4 is 0 Å². The highest BCUT2D eigenvalue weighted by molar-refractivity contribution is 7.47. The lowest BCUT2D eigenvalue weighted by Gasteiger charge is -2.20. The van der Waals surface area contributed by atoms with E-state index < -0.39 is 58.4 Å². The number of phosphoric acid groups is 1. The summed E-state index contributed by atoms with van der Waals surface area (Å²) in [6, 6.07) is 0. The summed E-state index contributed by atoms with van der Waals surface area (Å²) in [4.78, 5) is 34.5. The number of allylic oxidation sites excluding steroid dienone is 10. The number of unbranched alkanes of at least 4 members (excludes halogenated alkanes) is 19. The summed E-state index contributed by atoms with van der Waals surface area (Å²) < 4.78 is 32.5. The van der Waals surface area contributed by atoms with E-state index in [4.69, 9.17) is 18.5 Å². The second kappa shape index (κ2) is 43.7. The second-order valence-electron chi connectivity index (χ2n) is 15.4. The van der Waals surface area contributed by atoms with Crippen LogP contribution in [0.2, 0.25) is 0 Å². The highest BCUT2D eigenvalue weighted by atomic mass is 31.2. The van der Waals surface area contributed by atoms with Gasteiger partial charge >= 0.3 is 19.8 Å². The lowest BCUT2D eigenvalue weighted by atomic mass is 10.0. The molecule has 0 spiro atoms. The highest BCUT2D eigenvalue weighted by Gasteiger charge is 2.27. The molecule has 0 aromatic carbocycles. The maximum Gasteiger partial charge on any atom is 0.472 e. The van der Waals surface area contributed by atoms with Crippen LogP contribution in [-0.2, 0) is 32.7 Å². The summed E-state index contributed by atoms with van der Waals surface area (Å²) >= 11 is 0. The number of rotatable bonds is 43. The first-order valence-electron chi connectivity index (χ1n) is 23.2. The molecule has 0 bridgehead atoms. The standard InChI is InChI=1S/C48H85O10P/c1-3-5-7-9-11-13-15-17-18-19-20-21-22-23-24-25-26-28-30-32-34-36-38-40-48(52)58-46(42-50)44-56-59(53,54)55-43-45(41-49)57-47(51)39-37-35-33-31-29-27-16-14-12-10-8-6-4-2/h6,8,12,14,19-20,27,29,33,35,45-46,49-50H,3-5,7,9-11,13,15-18,21-26,28,30-32,34,36-44H2,1-2H3,(H,53,54)/b8-6-,14-12-,20-19-,29-27-,35-33-. The Hall–Kier alpha value is -2.33. The third-order valence-corrected chi connectivity index (χ3v) is 10.7. The minimum absolute atomic E-state index is 0.0692. The molecule has 0 heterocycles. The maximum atomic E-state index is 12.4. The molecule has 10 nitrogen and oxygen atoms in total. The van der Waals surface area contributed by atoms with Crippen LogP contribution >= 0.6 is 7.82 Å². The Bertz CT molecular complexity index is 1160. The molecule has 59 heavy (non-hydrogen) atoms. The van der Waals surface area contributed by atoms with Gasteiger partial charge in [-0.25, -0.2) is 4.57 Å². The van der Waals surface area contributed by atoms with Crippen molar-refractivity contribution in [1.29, 1.82) is 0 Å². The van der Waals surface area contributed by atoms with Crippen molar-refractivity contribution in [2.75, 3.05) is 26.4 Å². The maximum absolute atomic E-state index is 12.4. The number of carbonyl (C=O) groups excluding carboxylic acids is 2. The van der Waals surface area contributed by atoms with Crippen LogP contribution in [0.3, 0.4) is 0 Å². The van der Waals surface area contributed by atoms with Crippen LogP contribution in [0.1, 0.15) is 194 Å². The van der Waals surface area contributed by atoms with Gasteiger partial charge < -0.3 is 24.6 Å². The zero-order valence-corrected chi connectivity index (χ0v) is 38.1. The summed E-state index contributed by atoms with van der Waals surface area (Å²) in [5.41, 5.74) is 0. The lowest BCUT2D eigenvalue weighted by Crippen LogP contribution is -2.28. The van der Waals surface area contributed by atoms with Gasteiger partial charge in [0.25, 0.3) is 0 Å². The highest BCUT2D eigenvalue weighted by Crippen LogP contribution is 2.43. The molecule has 0 aromatic heterocycles. The fourth-order valence-electron chi connectivity index (χ4n) is 6.18. The zero-order valence-electron chi connectivity index (χ0n) is 37.2. The molecule has 11 heteroatoms. The smallest absolute Gasteiger partial charge is 0.457 e. The van der Waals surface area contributed by atoms with Gasteiger partial charge in [0, 0.05) is 12.8 Å². The number of phosphoric ester groups is 1. The fourth-order valence-corrected chi connectivity index (χ4v) is 6.97. The number of aliphatic hydroxyl groups excluding tert-OH is 2. The number of hydrogen-bond donors (Lipinski definition) is 3. The molecule has 3 N–H and O–H groups in total. The Kier molecular flexibility index (Phi) is 42.0. The molecule has 0 fully saturated rings. The molecule has 0 aliphatic heterocycles. The van der Waals surface area contributed by atoms with Crippen LogP contribution in [0, 0.1) is 0 Å². The molecule has 0 rings (SSSR count). The Morgan fingerprint density at radius 1 is 0.475 bits per heavy atom. The number of ether oxygens (including phenoxy) is 2. The van der Waals surface area contributed by atoms with Crippen LogP contribution in [-0.4, -0.2) is 65.7 Å². The van der Waals surface area contributed by atoms with Crippen molar-refractivity contribution in [1.82, 2.24) is 0 Å². The van der Waals surface area contributed by atoms with Gasteiger partial charge in [-0.15, -0.1) is 0 Å². The topological polar surface area (TPSA) is 149 Å². The lowest BCUT2D eigenvalue weighted by molar-refractivity contribution is -0.153. The average Bonchev–Trinajstić information content (AvgIpc) is 3.22. The first-order chi connectivity index (χ1) is 28.8. The van der Waals surface area contributed by atoms with Crippen molar-refractivity contribution >= 4 is 19.8 Å². The van der Waals surface area contributed by atoms with Crippen molar-refractivity contribution in [3.05, 3.63) is 60.8 Å². The van der Waals surface area contributed by atoms with Crippen LogP contribution in [0.15, 0.2) is 60.8 Å². The number of esters is 2. The Balaban J connectivity index is 3.89. The molecular formula is C48H85O10P. The van der Waals surface area contributed by atoms with E-state index in [1.165, 1.54) is 109 Å². The van der Waals surface area contributed by atoms with Crippen LogP contribution in [0.4, 0.5) is 0 Å². The summed E-state index contributed by atoms with van der Waals surface area (Å²) in [7, 11) is -4.66. The van der Waals surface area contributed by atoms with E-state index in [1.807, 2.05) is 18.2 Å². The van der Waals surface area contributed by atoms with Gasteiger partial charge in [0.15, 0.2) is 0 Å². The van der Waals surface area contributed by atoms with Gasteiger partial charge in [-0.3, -0.25) is 18.6 Å². The van der Waals surface area contributed by atoms with Crippen molar-refractivity contribution in [3.63, 3.8) is 0 Å². The molecule has 342 valence electrons. The minimum atomic E-state index is -4.66. The molecule has 0 saturated carbocycles. The third-order valence-electron chi connectivity index (χ3n) is 9.73. The molecule has 3 unspecified atom stereocenters. The van der Waals surface area contributed by atoms with E-state index in [0.717, 1.165) is 44.9 Å². The largest absolute Gasteiger partial charge is 0.472 e. The van der Waals surface area contributed by atoms with Crippen molar-refractivity contribution in [3.8, 4) is 0 Å². The van der Waals surface area contributed by atoms with Crippen molar-refractivity contribution < 1.29 is 47.8 Å². The molecule has 0 saturated heterocycles. The first kappa shape index (κ1) is 56.7. The quantitative estimate of drug-likeness (QED) is 0.0234. The summed E-state index contributed by atoms with van der Waals surface area (Å²) in [6.07, 6.45) is 49.4. The summed E-state index contributed by atoms with van der Waals surface area (Å²) in [5, 5.41) is 19.2. The molecular weight excluding hydrogens is 767 g/mol. The van der Waals surface area contributed by atoms with Gasteiger partial charge in [0.1, 0.15) is 12.2 Å². The van der Waals surface area contributed by atoms with E-state index in [1.54, 1.807) is 0 Å². The minimum Gasteiger partial charge on any atom is -0.457 e. The van der Waals surface area contributed by atoms with Crippen LogP contribution in [0.5, 0.6) is 0 Å². The predicted octanol–water partition coefficient (Wildman–Crippen LogP) is 12.7.